The van der Waals surface area contributed by atoms with Crippen molar-refractivity contribution < 1.29 is 9.59 Å². The molecule has 7 nitrogen and oxygen atoms in total. The molecule has 0 atom stereocenters. The minimum absolute atomic E-state index is 0.0742. The molecule has 3 rings (SSSR count). The Morgan fingerprint density at radius 1 is 1.14 bits per heavy atom. The summed E-state index contributed by atoms with van der Waals surface area (Å²) in [5.74, 6) is 0.909. The van der Waals surface area contributed by atoms with Crippen LogP contribution in [0, 0.1) is 17.6 Å². The number of rotatable bonds is 8. The van der Waals surface area contributed by atoms with Gasteiger partial charge in [-0.1, -0.05) is 49.1 Å². The van der Waals surface area contributed by atoms with E-state index in [0.29, 0.717) is 30.8 Å². The van der Waals surface area contributed by atoms with Crippen molar-refractivity contribution in [2.75, 3.05) is 13.1 Å². The average Bonchev–Trinajstić information content (AvgIpc) is 3.11. The zero-order chi connectivity index (χ0) is 20.6. The molecule has 1 aromatic carbocycles. The lowest BCUT2D eigenvalue weighted by atomic mass is 9.89. The molecule has 1 aliphatic carbocycles. The highest BCUT2D eigenvalue weighted by atomic mass is 32.1. The Labute approximate surface area is 176 Å². The topological polar surface area (TPSA) is 91.8 Å². The van der Waals surface area contributed by atoms with Gasteiger partial charge in [-0.3, -0.25) is 19.3 Å². The van der Waals surface area contributed by atoms with Gasteiger partial charge in [0, 0.05) is 37.5 Å². The zero-order valence-corrected chi connectivity index (χ0v) is 17.7. The largest absolute Gasteiger partial charge is 0.354 e. The number of H-pyrrole nitrogens is 1. The molecule has 3 N–H and O–H groups in total. The van der Waals surface area contributed by atoms with E-state index in [-0.39, 0.29) is 17.7 Å². The number of carbonyl (C=O) groups is 2. The van der Waals surface area contributed by atoms with Gasteiger partial charge in [0.25, 0.3) is 0 Å². The summed E-state index contributed by atoms with van der Waals surface area (Å²) in [6.07, 6.45) is 5.75. The predicted molar refractivity (Wildman–Crippen MR) is 115 cm³/mol. The molecule has 0 bridgehead atoms. The van der Waals surface area contributed by atoms with Gasteiger partial charge >= 0.3 is 0 Å². The smallest absolute Gasteiger partial charge is 0.223 e. The number of nitrogens with one attached hydrogen (secondary N) is 3. The van der Waals surface area contributed by atoms with Crippen LogP contribution in [-0.2, 0) is 16.1 Å². The molecule has 0 aliphatic heterocycles. The van der Waals surface area contributed by atoms with E-state index < -0.39 is 0 Å². The van der Waals surface area contributed by atoms with Gasteiger partial charge in [-0.15, -0.1) is 0 Å². The van der Waals surface area contributed by atoms with Gasteiger partial charge in [0.15, 0.2) is 10.6 Å². The maximum absolute atomic E-state index is 12.2. The Morgan fingerprint density at radius 2 is 1.83 bits per heavy atom. The minimum atomic E-state index is -0.0742. The minimum Gasteiger partial charge on any atom is -0.354 e. The zero-order valence-electron chi connectivity index (χ0n) is 16.9. The summed E-state index contributed by atoms with van der Waals surface area (Å²) in [5, 5.41) is 12.9. The van der Waals surface area contributed by atoms with Gasteiger partial charge < -0.3 is 10.6 Å². The lowest BCUT2D eigenvalue weighted by Gasteiger charge is -2.20. The number of hydrogen-bond acceptors (Lipinski definition) is 4. The molecule has 2 aromatic rings. The van der Waals surface area contributed by atoms with Crippen LogP contribution >= 0.6 is 12.2 Å². The summed E-state index contributed by atoms with van der Waals surface area (Å²) in [6, 6.07) is 8.02. The van der Waals surface area contributed by atoms with Crippen LogP contribution in [-0.4, -0.2) is 39.7 Å². The number of aromatic nitrogens is 3. The van der Waals surface area contributed by atoms with Crippen molar-refractivity contribution in [2.45, 2.75) is 52.0 Å². The Balaban J connectivity index is 1.43. The molecule has 1 saturated carbocycles. The van der Waals surface area contributed by atoms with Crippen LogP contribution in [0.5, 0.6) is 0 Å². The summed E-state index contributed by atoms with van der Waals surface area (Å²) in [5.41, 5.74) is 2.12. The average molecular weight is 416 g/mol. The molecule has 29 heavy (non-hydrogen) atoms. The highest BCUT2D eigenvalue weighted by molar-refractivity contribution is 7.71. The fourth-order valence-corrected chi connectivity index (χ4v) is 3.87. The molecule has 156 valence electrons. The van der Waals surface area contributed by atoms with Crippen LogP contribution in [0.4, 0.5) is 0 Å². The fraction of sp³-hybridized carbons (Fsp3) is 0.524. The molecular formula is C21H29N5O2S. The summed E-state index contributed by atoms with van der Waals surface area (Å²) < 4.78 is 2.33. The van der Waals surface area contributed by atoms with Crippen LogP contribution in [0.2, 0.25) is 0 Å². The Kier molecular flexibility index (Phi) is 7.57. The first kappa shape index (κ1) is 21.2. The highest BCUT2D eigenvalue weighted by Gasteiger charge is 2.20. The summed E-state index contributed by atoms with van der Waals surface area (Å²) in [4.78, 5) is 24.3. The van der Waals surface area contributed by atoms with Crippen molar-refractivity contribution in [3.63, 3.8) is 0 Å². The van der Waals surface area contributed by atoms with Gasteiger partial charge in [0.2, 0.25) is 11.8 Å². The third-order valence-corrected chi connectivity index (χ3v) is 5.66. The normalized spacial score (nSPS) is 14.5. The maximum Gasteiger partial charge on any atom is 0.223 e. The molecule has 1 aliphatic rings. The molecule has 0 saturated heterocycles. The van der Waals surface area contributed by atoms with Gasteiger partial charge in [-0.25, -0.2) is 0 Å². The lowest BCUT2D eigenvalue weighted by Crippen LogP contribution is -2.38. The molecule has 0 spiro atoms. The number of amides is 2. The first-order chi connectivity index (χ1) is 14.0. The first-order valence-electron chi connectivity index (χ1n) is 10.3. The quantitative estimate of drug-likeness (QED) is 0.456. The summed E-state index contributed by atoms with van der Waals surface area (Å²) >= 11 is 5.31. The SMILES string of the molecule is Cc1ccc(-c2n[nH]c(=S)n2CCC(=O)NCCNC(=O)C2CCCCC2)cc1. The van der Waals surface area contributed by atoms with Crippen molar-refractivity contribution in [2.24, 2.45) is 5.92 Å². The Hall–Kier alpha value is -2.48. The van der Waals surface area contributed by atoms with E-state index in [1.807, 2.05) is 35.8 Å². The van der Waals surface area contributed by atoms with E-state index in [1.165, 1.54) is 12.0 Å². The Morgan fingerprint density at radius 3 is 2.55 bits per heavy atom. The van der Waals surface area contributed by atoms with E-state index in [2.05, 4.69) is 20.8 Å². The van der Waals surface area contributed by atoms with Crippen molar-refractivity contribution in [1.29, 1.82) is 0 Å². The van der Waals surface area contributed by atoms with Crippen LogP contribution in [0.1, 0.15) is 44.1 Å². The number of aryl methyl sites for hydroxylation is 1. The third kappa shape index (κ3) is 6.00. The second-order valence-corrected chi connectivity index (χ2v) is 7.98. The molecule has 8 heteroatoms. The van der Waals surface area contributed by atoms with Crippen LogP contribution in [0.25, 0.3) is 11.4 Å². The first-order valence-corrected chi connectivity index (χ1v) is 10.7. The molecule has 1 heterocycles. The fourth-order valence-electron chi connectivity index (χ4n) is 3.65. The molecule has 0 unspecified atom stereocenters. The predicted octanol–water partition coefficient (Wildman–Crippen LogP) is 3.12. The van der Waals surface area contributed by atoms with Gasteiger partial charge in [-0.05, 0) is 32.0 Å². The second kappa shape index (κ2) is 10.3. The maximum atomic E-state index is 12.2. The van der Waals surface area contributed by atoms with E-state index in [9.17, 15) is 9.59 Å². The number of carbonyl (C=O) groups excluding carboxylic acids is 2. The van der Waals surface area contributed by atoms with Crippen molar-refractivity contribution in [3.8, 4) is 11.4 Å². The lowest BCUT2D eigenvalue weighted by molar-refractivity contribution is -0.126. The second-order valence-electron chi connectivity index (χ2n) is 7.60. The van der Waals surface area contributed by atoms with Crippen molar-refractivity contribution in [3.05, 3.63) is 34.6 Å². The van der Waals surface area contributed by atoms with E-state index in [4.69, 9.17) is 12.2 Å². The van der Waals surface area contributed by atoms with Crippen molar-refractivity contribution >= 4 is 24.0 Å². The Bertz CT molecular complexity index is 881. The van der Waals surface area contributed by atoms with Gasteiger partial charge in [0.1, 0.15) is 0 Å². The van der Waals surface area contributed by atoms with Gasteiger partial charge in [-0.2, -0.15) is 5.10 Å². The van der Waals surface area contributed by atoms with Crippen LogP contribution < -0.4 is 10.6 Å². The summed E-state index contributed by atoms with van der Waals surface area (Å²) in [7, 11) is 0. The van der Waals surface area contributed by atoms with Crippen LogP contribution in [0.3, 0.4) is 0 Å². The summed E-state index contributed by atoms with van der Waals surface area (Å²) in [6.45, 7) is 3.36. The van der Waals surface area contributed by atoms with E-state index >= 15 is 0 Å². The van der Waals surface area contributed by atoms with Gasteiger partial charge in [0.05, 0.1) is 0 Å². The number of benzene rings is 1. The van der Waals surface area contributed by atoms with Crippen LogP contribution in [0.15, 0.2) is 24.3 Å². The standard InChI is InChI=1S/C21H29N5O2S/c1-15-7-9-16(10-8-15)19-24-25-21(29)26(19)14-11-18(27)22-12-13-23-20(28)17-5-3-2-4-6-17/h7-10,17H,2-6,11-14H2,1H3,(H,22,27)(H,23,28)(H,25,29). The molecule has 2 amide bonds. The number of hydrogen-bond donors (Lipinski definition) is 3. The molecule has 1 aromatic heterocycles. The van der Waals surface area contributed by atoms with E-state index in [1.54, 1.807) is 0 Å². The monoisotopic (exact) mass is 415 g/mol. The number of aromatic amines is 1. The molecule has 0 radical (unpaired) electrons. The molecule has 1 fully saturated rings. The third-order valence-electron chi connectivity index (χ3n) is 5.35. The highest BCUT2D eigenvalue weighted by Crippen LogP contribution is 2.23. The van der Waals surface area contributed by atoms with Crippen molar-refractivity contribution in [1.82, 2.24) is 25.4 Å². The molecular weight excluding hydrogens is 386 g/mol. The van der Waals surface area contributed by atoms with E-state index in [0.717, 1.165) is 37.1 Å². The number of nitrogens with zero attached hydrogens (tertiary/aromatic N) is 2.